The zero-order valence-corrected chi connectivity index (χ0v) is 26.6. The van der Waals surface area contributed by atoms with Gasteiger partial charge in [0, 0.05) is 69.9 Å². The van der Waals surface area contributed by atoms with Crippen LogP contribution in [-0.4, -0.2) is 11.3 Å². The second-order valence-corrected chi connectivity index (χ2v) is 14.3. The Labute approximate surface area is 280 Å². The Morgan fingerprint density at radius 3 is 2.17 bits per heavy atom. The predicted molar refractivity (Wildman–Crippen MR) is 208 cm³/mol. The van der Waals surface area contributed by atoms with Crippen molar-refractivity contribution in [2.24, 2.45) is 0 Å². The predicted octanol–water partition coefficient (Wildman–Crippen LogP) is 10.9. The van der Waals surface area contributed by atoms with E-state index in [1.807, 2.05) is 11.3 Å². The SMILES string of the molecule is c1ccc2cc(N3c4cc5c(sc6ccccc65)c5c4B(c4ccc6ccccc6c43)n3c4ccccc4c4cccc-5c43)ccc2c1. The van der Waals surface area contributed by atoms with Crippen LogP contribution in [0.1, 0.15) is 0 Å². The number of anilines is 3. The van der Waals surface area contributed by atoms with Crippen molar-refractivity contribution >= 4 is 110 Å². The standard InChI is InChI=1S/C44H25BN2S/c1-2-12-28-24-29(22-20-26(28)10-1)46-38-25-35-32-15-6-8-19-39(32)48-44(35)40-34-17-9-16-33-31-14-5-7-18-37(31)47(42(33)34)45(41(38)40)36-23-21-27-11-3-4-13-30(27)43(36)46/h1-25H. The van der Waals surface area contributed by atoms with Crippen LogP contribution >= 0.6 is 11.3 Å². The molecule has 0 saturated carbocycles. The summed E-state index contributed by atoms with van der Waals surface area (Å²) in [5, 5.41) is 10.3. The fraction of sp³-hybridized carbons (Fsp3) is 0. The van der Waals surface area contributed by atoms with Crippen molar-refractivity contribution in [1.29, 1.82) is 0 Å². The number of fused-ring (bicyclic) bond motifs is 14. The van der Waals surface area contributed by atoms with Gasteiger partial charge in [-0.2, -0.15) is 0 Å². The van der Waals surface area contributed by atoms with Gasteiger partial charge in [-0.05, 0) is 57.4 Å². The summed E-state index contributed by atoms with van der Waals surface area (Å²) in [6.45, 7) is 0.0261. The molecule has 2 aliphatic heterocycles. The monoisotopic (exact) mass is 624 g/mol. The molecule has 2 aromatic heterocycles. The molecule has 0 atom stereocenters. The molecule has 12 rings (SSSR count). The number of hydrogen-bond acceptors (Lipinski definition) is 2. The third-order valence-electron chi connectivity index (χ3n) is 10.9. The largest absolute Gasteiger partial charge is 0.375 e. The Kier molecular flexibility index (Phi) is 4.71. The highest BCUT2D eigenvalue weighted by atomic mass is 32.1. The van der Waals surface area contributed by atoms with Crippen molar-refractivity contribution in [3.05, 3.63) is 152 Å². The highest BCUT2D eigenvalue weighted by Gasteiger charge is 2.44. The minimum absolute atomic E-state index is 0.0261. The van der Waals surface area contributed by atoms with Crippen molar-refractivity contribution in [2.45, 2.75) is 0 Å². The molecule has 4 heteroatoms. The second-order valence-electron chi connectivity index (χ2n) is 13.2. The van der Waals surface area contributed by atoms with Crippen LogP contribution in [0.5, 0.6) is 0 Å². The van der Waals surface area contributed by atoms with E-state index in [-0.39, 0.29) is 6.85 Å². The molecule has 0 saturated heterocycles. The first-order valence-corrected chi connectivity index (χ1v) is 17.5. The summed E-state index contributed by atoms with van der Waals surface area (Å²) < 4.78 is 5.38. The molecule has 0 aliphatic carbocycles. The smallest absolute Gasteiger partial charge is 0.333 e. The zero-order chi connectivity index (χ0) is 31.1. The van der Waals surface area contributed by atoms with Gasteiger partial charge in [0.15, 0.2) is 0 Å². The van der Waals surface area contributed by atoms with Crippen molar-refractivity contribution in [2.75, 3.05) is 4.90 Å². The molecule has 8 aromatic carbocycles. The number of para-hydroxylation sites is 2. The summed E-state index contributed by atoms with van der Waals surface area (Å²) in [5.74, 6) is 0. The van der Waals surface area contributed by atoms with Gasteiger partial charge in [-0.15, -0.1) is 11.3 Å². The normalized spacial score (nSPS) is 13.3. The van der Waals surface area contributed by atoms with Crippen LogP contribution in [0.15, 0.2) is 152 Å². The molecule has 0 fully saturated rings. The summed E-state index contributed by atoms with van der Waals surface area (Å²) in [6, 6.07) is 56.8. The number of benzene rings is 8. The van der Waals surface area contributed by atoms with E-state index in [2.05, 4.69) is 161 Å². The Balaban J connectivity index is 1.34. The van der Waals surface area contributed by atoms with Crippen LogP contribution in [0.25, 0.3) is 74.6 Å². The van der Waals surface area contributed by atoms with E-state index in [1.165, 1.54) is 103 Å². The Hall–Kier alpha value is -5.84. The molecule has 0 unspecified atom stereocenters. The number of nitrogens with zero attached hydrogens (tertiary/aromatic N) is 2. The fourth-order valence-electron chi connectivity index (χ4n) is 8.98. The van der Waals surface area contributed by atoms with Crippen molar-refractivity contribution < 1.29 is 0 Å². The van der Waals surface area contributed by atoms with Crippen LogP contribution in [0, 0.1) is 0 Å². The maximum atomic E-state index is 2.66. The molecule has 0 spiro atoms. The van der Waals surface area contributed by atoms with E-state index in [1.54, 1.807) is 0 Å². The van der Waals surface area contributed by atoms with Crippen LogP contribution in [0.3, 0.4) is 0 Å². The minimum atomic E-state index is 0.0261. The quantitative estimate of drug-likeness (QED) is 0.165. The number of rotatable bonds is 1. The lowest BCUT2D eigenvalue weighted by atomic mass is 9.45. The molecule has 48 heavy (non-hydrogen) atoms. The number of hydrogen-bond donors (Lipinski definition) is 0. The van der Waals surface area contributed by atoms with Gasteiger partial charge in [-0.3, -0.25) is 0 Å². The summed E-state index contributed by atoms with van der Waals surface area (Å²) in [7, 11) is 0. The van der Waals surface area contributed by atoms with Crippen LogP contribution in [0.2, 0.25) is 0 Å². The molecule has 0 amide bonds. The van der Waals surface area contributed by atoms with Crippen molar-refractivity contribution in [3.8, 4) is 11.1 Å². The molecule has 0 bridgehead atoms. The minimum Gasteiger partial charge on any atom is -0.375 e. The molecule has 220 valence electrons. The number of thiophene rings is 1. The lowest BCUT2D eigenvalue weighted by molar-refractivity contribution is 1.27. The first-order valence-electron chi connectivity index (χ1n) is 16.6. The summed E-state index contributed by atoms with van der Waals surface area (Å²) in [5.41, 5.74) is 11.8. The van der Waals surface area contributed by atoms with E-state index in [0.29, 0.717) is 0 Å². The van der Waals surface area contributed by atoms with Gasteiger partial charge in [-0.25, -0.2) is 0 Å². The second kappa shape index (κ2) is 8.94. The van der Waals surface area contributed by atoms with Gasteiger partial charge in [0.05, 0.1) is 5.69 Å². The highest BCUT2D eigenvalue weighted by Crippen LogP contribution is 2.51. The maximum Gasteiger partial charge on any atom is 0.333 e. The van der Waals surface area contributed by atoms with Gasteiger partial charge in [0.25, 0.3) is 0 Å². The molecule has 2 aliphatic rings. The van der Waals surface area contributed by atoms with Gasteiger partial charge in [0.2, 0.25) is 0 Å². The van der Waals surface area contributed by atoms with E-state index in [9.17, 15) is 0 Å². The zero-order valence-electron chi connectivity index (χ0n) is 25.8. The molecule has 2 nitrogen and oxygen atoms in total. The summed E-state index contributed by atoms with van der Waals surface area (Å²) in [6.07, 6.45) is 0. The molecule has 4 heterocycles. The highest BCUT2D eigenvalue weighted by molar-refractivity contribution is 7.26. The van der Waals surface area contributed by atoms with Gasteiger partial charge in [-0.1, -0.05) is 121 Å². The third-order valence-corrected chi connectivity index (χ3v) is 12.1. The lowest BCUT2D eigenvalue weighted by Gasteiger charge is -2.41. The molecule has 10 aromatic rings. The van der Waals surface area contributed by atoms with E-state index in [4.69, 9.17) is 0 Å². The van der Waals surface area contributed by atoms with Gasteiger partial charge in [0.1, 0.15) is 0 Å². The maximum absolute atomic E-state index is 2.66. The summed E-state index contributed by atoms with van der Waals surface area (Å²) >= 11 is 1.94. The van der Waals surface area contributed by atoms with E-state index >= 15 is 0 Å². The topological polar surface area (TPSA) is 8.17 Å². The van der Waals surface area contributed by atoms with Crippen LogP contribution in [-0.2, 0) is 0 Å². The van der Waals surface area contributed by atoms with Crippen LogP contribution < -0.4 is 15.8 Å². The third kappa shape index (κ3) is 3.05. The fourth-order valence-corrected chi connectivity index (χ4v) is 10.2. The van der Waals surface area contributed by atoms with E-state index in [0.717, 1.165) is 0 Å². The van der Waals surface area contributed by atoms with Crippen molar-refractivity contribution in [1.82, 2.24) is 4.48 Å². The van der Waals surface area contributed by atoms with Crippen LogP contribution in [0.4, 0.5) is 17.1 Å². The average Bonchev–Trinajstić information content (AvgIpc) is 3.69. The first kappa shape index (κ1) is 25.3. The van der Waals surface area contributed by atoms with Crippen molar-refractivity contribution in [3.63, 3.8) is 0 Å². The average molecular weight is 625 g/mol. The molecule has 0 radical (unpaired) electrons. The molecular formula is C44H25BN2S. The lowest BCUT2D eigenvalue weighted by Crippen LogP contribution is -2.56. The van der Waals surface area contributed by atoms with Gasteiger partial charge >= 0.3 is 6.85 Å². The number of aromatic nitrogens is 1. The summed E-state index contributed by atoms with van der Waals surface area (Å²) in [4.78, 5) is 2.59. The first-order chi connectivity index (χ1) is 23.8. The van der Waals surface area contributed by atoms with E-state index < -0.39 is 0 Å². The molecule has 0 N–H and O–H groups in total. The Morgan fingerprint density at radius 1 is 0.521 bits per heavy atom. The van der Waals surface area contributed by atoms with Gasteiger partial charge < -0.3 is 9.38 Å². The Morgan fingerprint density at radius 2 is 1.25 bits per heavy atom. The molecular weight excluding hydrogens is 599 g/mol. The Bertz CT molecular complexity index is 3040.